The number of pyridine rings is 1. The van der Waals surface area contributed by atoms with Gasteiger partial charge < -0.3 is 4.57 Å². The molecular formula is C55H34N4. The van der Waals surface area contributed by atoms with Crippen molar-refractivity contribution in [2.75, 3.05) is 0 Å². The normalized spacial score (nSPS) is 11.7. The summed E-state index contributed by atoms with van der Waals surface area (Å²) < 4.78 is 2.38. The van der Waals surface area contributed by atoms with Gasteiger partial charge in [-0.25, -0.2) is 15.0 Å². The van der Waals surface area contributed by atoms with Gasteiger partial charge in [0.1, 0.15) is 0 Å². The molecule has 0 saturated carbocycles. The SMILES string of the molecule is c1ccc(-n2c3ccccc3c3c4c(ccc32)c(-c2ccc(-c3nc(-c5cccc6ccccc56)cc(-c5cccc6ccccc56)n3)cc2)nc2ccccc24)cc1. The van der Waals surface area contributed by atoms with Crippen molar-refractivity contribution in [2.45, 2.75) is 0 Å². The summed E-state index contributed by atoms with van der Waals surface area (Å²) in [4.78, 5) is 15.9. The Bertz CT molecular complexity index is 3500. The van der Waals surface area contributed by atoms with Gasteiger partial charge in [0, 0.05) is 54.9 Å². The number of hydrogen-bond acceptors (Lipinski definition) is 3. The van der Waals surface area contributed by atoms with Crippen LogP contribution in [0.3, 0.4) is 0 Å². The number of nitrogens with zero attached hydrogens (tertiary/aromatic N) is 4. The van der Waals surface area contributed by atoms with Gasteiger partial charge in [-0.15, -0.1) is 0 Å². The Hall–Kier alpha value is -7.95. The molecule has 4 heteroatoms. The van der Waals surface area contributed by atoms with Crippen LogP contribution in [0.2, 0.25) is 0 Å². The van der Waals surface area contributed by atoms with E-state index in [1.807, 2.05) is 0 Å². The van der Waals surface area contributed by atoms with Crippen LogP contribution in [0.15, 0.2) is 206 Å². The van der Waals surface area contributed by atoms with Crippen LogP contribution in [-0.4, -0.2) is 19.5 Å². The molecule has 0 aliphatic heterocycles. The lowest BCUT2D eigenvalue weighted by Crippen LogP contribution is -1.97. The van der Waals surface area contributed by atoms with Crippen molar-refractivity contribution in [3.63, 3.8) is 0 Å². The van der Waals surface area contributed by atoms with Crippen LogP contribution < -0.4 is 0 Å². The average molecular weight is 751 g/mol. The quantitative estimate of drug-likeness (QED) is 0.165. The maximum Gasteiger partial charge on any atom is 0.160 e. The van der Waals surface area contributed by atoms with Crippen molar-refractivity contribution in [3.8, 4) is 50.8 Å². The van der Waals surface area contributed by atoms with E-state index < -0.39 is 0 Å². The van der Waals surface area contributed by atoms with Crippen molar-refractivity contribution < 1.29 is 0 Å². The van der Waals surface area contributed by atoms with Crippen molar-refractivity contribution in [1.29, 1.82) is 0 Å². The highest BCUT2D eigenvalue weighted by atomic mass is 15.0. The predicted molar refractivity (Wildman–Crippen MR) is 246 cm³/mol. The molecule has 274 valence electrons. The molecule has 0 fully saturated rings. The van der Waals surface area contributed by atoms with Gasteiger partial charge in [-0.3, -0.25) is 0 Å². The lowest BCUT2D eigenvalue weighted by atomic mass is 9.95. The number of para-hydroxylation sites is 3. The van der Waals surface area contributed by atoms with Crippen molar-refractivity contribution in [2.24, 2.45) is 0 Å². The fourth-order valence-corrected chi connectivity index (χ4v) is 9.10. The minimum Gasteiger partial charge on any atom is -0.309 e. The fraction of sp³-hybridized carbons (Fsp3) is 0. The maximum atomic E-state index is 5.36. The first kappa shape index (κ1) is 33.2. The molecular weight excluding hydrogens is 717 g/mol. The molecule has 0 unspecified atom stereocenters. The van der Waals surface area contributed by atoms with E-state index >= 15 is 0 Å². The van der Waals surface area contributed by atoms with E-state index in [2.05, 4.69) is 211 Å². The average Bonchev–Trinajstić information content (AvgIpc) is 3.65. The molecule has 0 N–H and O–H groups in total. The molecule has 0 aliphatic rings. The summed E-state index contributed by atoms with van der Waals surface area (Å²) in [5.41, 5.74) is 11.3. The van der Waals surface area contributed by atoms with Crippen LogP contribution in [0.5, 0.6) is 0 Å². The monoisotopic (exact) mass is 750 g/mol. The van der Waals surface area contributed by atoms with E-state index in [1.54, 1.807) is 0 Å². The topological polar surface area (TPSA) is 43.6 Å². The van der Waals surface area contributed by atoms with Crippen LogP contribution >= 0.6 is 0 Å². The number of hydrogen-bond donors (Lipinski definition) is 0. The van der Waals surface area contributed by atoms with Crippen LogP contribution in [0, 0.1) is 0 Å². The highest BCUT2D eigenvalue weighted by Gasteiger charge is 2.20. The molecule has 9 aromatic carbocycles. The molecule has 3 aromatic heterocycles. The Balaban J connectivity index is 1.06. The van der Waals surface area contributed by atoms with Crippen LogP contribution in [0.4, 0.5) is 0 Å². The minimum absolute atomic E-state index is 0.677. The summed E-state index contributed by atoms with van der Waals surface area (Å²) in [6.07, 6.45) is 0. The Kier molecular flexibility index (Phi) is 7.50. The number of rotatable bonds is 5. The first-order chi connectivity index (χ1) is 29.3. The van der Waals surface area contributed by atoms with Gasteiger partial charge in [0.25, 0.3) is 0 Å². The molecule has 0 amide bonds. The van der Waals surface area contributed by atoms with Crippen LogP contribution in [0.1, 0.15) is 0 Å². The maximum absolute atomic E-state index is 5.36. The fourth-order valence-electron chi connectivity index (χ4n) is 9.10. The molecule has 3 heterocycles. The van der Waals surface area contributed by atoms with Crippen molar-refractivity contribution >= 4 is 65.0 Å². The Morgan fingerprint density at radius 3 is 1.59 bits per heavy atom. The van der Waals surface area contributed by atoms with Gasteiger partial charge in [0.05, 0.1) is 33.6 Å². The summed E-state index contributed by atoms with van der Waals surface area (Å²) >= 11 is 0. The lowest BCUT2D eigenvalue weighted by molar-refractivity contribution is 1.18. The smallest absolute Gasteiger partial charge is 0.160 e. The van der Waals surface area contributed by atoms with Crippen LogP contribution in [-0.2, 0) is 0 Å². The third-order valence-electron chi connectivity index (χ3n) is 11.8. The lowest BCUT2D eigenvalue weighted by Gasteiger charge is -2.14. The summed E-state index contributed by atoms with van der Waals surface area (Å²) in [7, 11) is 0. The largest absolute Gasteiger partial charge is 0.309 e. The molecule has 59 heavy (non-hydrogen) atoms. The zero-order valence-corrected chi connectivity index (χ0v) is 31.9. The minimum atomic E-state index is 0.677. The molecule has 0 atom stereocenters. The predicted octanol–water partition coefficient (Wildman–Crippen LogP) is 14.2. The van der Waals surface area contributed by atoms with Gasteiger partial charge >= 0.3 is 0 Å². The molecule has 0 spiro atoms. The zero-order chi connectivity index (χ0) is 38.9. The molecule has 0 radical (unpaired) electrons. The van der Waals surface area contributed by atoms with E-state index in [1.165, 1.54) is 38.0 Å². The van der Waals surface area contributed by atoms with Gasteiger partial charge in [-0.1, -0.05) is 170 Å². The third kappa shape index (κ3) is 5.34. The number of aromatic nitrogens is 4. The second-order valence-corrected chi connectivity index (χ2v) is 15.1. The van der Waals surface area contributed by atoms with Gasteiger partial charge in [-0.2, -0.15) is 0 Å². The van der Waals surface area contributed by atoms with E-state index in [9.17, 15) is 0 Å². The molecule has 12 rings (SSSR count). The summed E-state index contributed by atoms with van der Waals surface area (Å²) in [6.45, 7) is 0. The molecule has 0 aliphatic carbocycles. The van der Waals surface area contributed by atoms with Gasteiger partial charge in [0.2, 0.25) is 0 Å². The first-order valence-electron chi connectivity index (χ1n) is 20.0. The number of benzene rings is 9. The highest BCUT2D eigenvalue weighted by molar-refractivity contribution is 6.29. The molecule has 4 nitrogen and oxygen atoms in total. The molecule has 0 saturated heterocycles. The summed E-state index contributed by atoms with van der Waals surface area (Å²) in [5.74, 6) is 0.677. The second-order valence-electron chi connectivity index (χ2n) is 15.1. The summed E-state index contributed by atoms with van der Waals surface area (Å²) in [5, 5.41) is 10.6. The van der Waals surface area contributed by atoms with Gasteiger partial charge in [-0.05, 0) is 57.9 Å². The first-order valence-corrected chi connectivity index (χ1v) is 20.0. The zero-order valence-electron chi connectivity index (χ0n) is 31.9. The van der Waals surface area contributed by atoms with E-state index in [0.29, 0.717) is 5.82 Å². The number of fused-ring (bicyclic) bond motifs is 9. The molecule has 12 aromatic rings. The Morgan fingerprint density at radius 1 is 0.339 bits per heavy atom. The molecule has 0 bridgehead atoms. The Labute approximate surface area is 340 Å². The Morgan fingerprint density at radius 2 is 0.898 bits per heavy atom. The third-order valence-corrected chi connectivity index (χ3v) is 11.8. The van der Waals surface area contributed by atoms with Crippen molar-refractivity contribution in [1.82, 2.24) is 19.5 Å². The highest BCUT2D eigenvalue weighted by Crippen LogP contribution is 2.43. The van der Waals surface area contributed by atoms with E-state index in [-0.39, 0.29) is 0 Å². The van der Waals surface area contributed by atoms with Crippen molar-refractivity contribution in [3.05, 3.63) is 206 Å². The standard InChI is InChI=1S/C55H34N4/c1-2-18-39(19-3-1)59-50-27-11-9-23-45(50)53-51(59)33-32-46-52(53)44-22-8-10-26-47(44)56-54(46)37-28-30-38(31-29-37)55-57-48(42-24-12-16-35-14-4-6-20-40(35)42)34-49(58-55)43-25-13-17-36-15-5-7-21-41(36)43/h1-34H. The summed E-state index contributed by atoms with van der Waals surface area (Å²) in [6, 6.07) is 73.1. The van der Waals surface area contributed by atoms with E-state index in [0.717, 1.165) is 72.1 Å². The second kappa shape index (κ2) is 13.3. The van der Waals surface area contributed by atoms with E-state index in [4.69, 9.17) is 15.0 Å². The van der Waals surface area contributed by atoms with Gasteiger partial charge in [0.15, 0.2) is 5.82 Å². The van der Waals surface area contributed by atoms with Crippen LogP contribution in [0.25, 0.3) is 116 Å².